The van der Waals surface area contributed by atoms with Gasteiger partial charge in [-0.2, -0.15) is 0 Å². The van der Waals surface area contributed by atoms with E-state index in [4.69, 9.17) is 10.2 Å². The number of unbranched alkanes of at least 4 members (excludes halogenated alkanes) is 2. The Morgan fingerprint density at radius 3 is 2.82 bits per heavy atom. The van der Waals surface area contributed by atoms with Gasteiger partial charge in [0.05, 0.1) is 6.54 Å². The summed E-state index contributed by atoms with van der Waals surface area (Å²) in [4.78, 5) is 11.8. The Morgan fingerprint density at radius 2 is 2.24 bits per heavy atom. The van der Waals surface area contributed by atoms with Gasteiger partial charge in [0, 0.05) is 6.04 Å². The summed E-state index contributed by atoms with van der Waals surface area (Å²) in [6.07, 6.45) is 4.55. The maximum Gasteiger partial charge on any atom is 0.287 e. The van der Waals surface area contributed by atoms with Crippen LogP contribution in [0, 0.1) is 0 Å². The fraction of sp³-hybridized carbons (Fsp3) is 0.615. The SMILES string of the molecule is CCCCCC(C)NC(=O)c1ccc(CN)o1. The molecule has 1 unspecified atom stereocenters. The fourth-order valence-corrected chi connectivity index (χ4v) is 1.68. The predicted molar refractivity (Wildman–Crippen MR) is 67.7 cm³/mol. The van der Waals surface area contributed by atoms with Crippen molar-refractivity contribution in [1.82, 2.24) is 5.32 Å². The number of nitrogens with one attached hydrogen (secondary N) is 1. The number of rotatable bonds is 7. The average molecular weight is 238 g/mol. The van der Waals surface area contributed by atoms with Crippen molar-refractivity contribution in [2.75, 3.05) is 0 Å². The zero-order valence-corrected chi connectivity index (χ0v) is 10.7. The monoisotopic (exact) mass is 238 g/mol. The Kier molecular flexibility index (Phi) is 5.77. The molecule has 0 bridgehead atoms. The predicted octanol–water partition coefficient (Wildman–Crippen LogP) is 2.44. The van der Waals surface area contributed by atoms with Gasteiger partial charge in [0.2, 0.25) is 0 Å². The molecule has 96 valence electrons. The van der Waals surface area contributed by atoms with Crippen molar-refractivity contribution in [2.24, 2.45) is 5.73 Å². The Morgan fingerprint density at radius 1 is 1.47 bits per heavy atom. The van der Waals surface area contributed by atoms with E-state index in [-0.39, 0.29) is 11.9 Å². The van der Waals surface area contributed by atoms with Crippen LogP contribution >= 0.6 is 0 Å². The molecule has 0 fully saturated rings. The molecule has 1 rings (SSSR count). The molecule has 3 N–H and O–H groups in total. The van der Waals surface area contributed by atoms with Crippen LogP contribution in [-0.2, 0) is 6.54 Å². The molecule has 0 radical (unpaired) electrons. The Balaban J connectivity index is 2.37. The second-order valence-corrected chi connectivity index (χ2v) is 4.34. The van der Waals surface area contributed by atoms with Gasteiger partial charge in [-0.15, -0.1) is 0 Å². The van der Waals surface area contributed by atoms with Gasteiger partial charge in [-0.3, -0.25) is 4.79 Å². The number of carbonyl (C=O) groups excluding carboxylic acids is 1. The molecule has 0 saturated heterocycles. The summed E-state index contributed by atoms with van der Waals surface area (Å²) in [5, 5.41) is 2.92. The molecule has 0 aliphatic carbocycles. The number of amides is 1. The van der Waals surface area contributed by atoms with Gasteiger partial charge in [-0.1, -0.05) is 26.2 Å². The van der Waals surface area contributed by atoms with E-state index in [2.05, 4.69) is 12.2 Å². The molecule has 17 heavy (non-hydrogen) atoms. The van der Waals surface area contributed by atoms with Crippen LogP contribution in [0.25, 0.3) is 0 Å². The van der Waals surface area contributed by atoms with E-state index in [0.717, 1.165) is 12.8 Å². The Bertz CT molecular complexity index is 347. The van der Waals surface area contributed by atoms with E-state index >= 15 is 0 Å². The standard InChI is InChI=1S/C13H22N2O2/c1-3-4-5-6-10(2)15-13(16)12-8-7-11(9-14)17-12/h7-8,10H,3-6,9,14H2,1-2H3,(H,15,16). The third-order valence-electron chi connectivity index (χ3n) is 2.70. The highest BCUT2D eigenvalue weighted by atomic mass is 16.4. The quantitative estimate of drug-likeness (QED) is 0.717. The van der Waals surface area contributed by atoms with Gasteiger partial charge >= 0.3 is 0 Å². The van der Waals surface area contributed by atoms with Crippen LogP contribution in [0.3, 0.4) is 0 Å². The number of hydrogen-bond donors (Lipinski definition) is 2. The van der Waals surface area contributed by atoms with E-state index in [1.807, 2.05) is 6.92 Å². The van der Waals surface area contributed by atoms with Crippen LogP contribution < -0.4 is 11.1 Å². The van der Waals surface area contributed by atoms with Crippen molar-refractivity contribution in [3.8, 4) is 0 Å². The van der Waals surface area contributed by atoms with E-state index in [9.17, 15) is 4.79 Å². The van der Waals surface area contributed by atoms with Crippen LogP contribution in [0.15, 0.2) is 16.5 Å². The van der Waals surface area contributed by atoms with Crippen molar-refractivity contribution in [3.05, 3.63) is 23.7 Å². The highest BCUT2D eigenvalue weighted by Crippen LogP contribution is 2.08. The number of nitrogens with two attached hydrogens (primary N) is 1. The van der Waals surface area contributed by atoms with Gasteiger partial charge < -0.3 is 15.5 Å². The summed E-state index contributed by atoms with van der Waals surface area (Å²) < 4.78 is 5.28. The normalized spacial score (nSPS) is 12.4. The van der Waals surface area contributed by atoms with Crippen LogP contribution in [-0.4, -0.2) is 11.9 Å². The van der Waals surface area contributed by atoms with Gasteiger partial charge in [0.15, 0.2) is 5.76 Å². The lowest BCUT2D eigenvalue weighted by atomic mass is 10.1. The molecule has 4 heteroatoms. The Hall–Kier alpha value is -1.29. The first kappa shape index (κ1) is 13.8. The number of carbonyl (C=O) groups is 1. The first-order valence-electron chi connectivity index (χ1n) is 6.27. The highest BCUT2D eigenvalue weighted by molar-refractivity contribution is 5.91. The molecule has 4 nitrogen and oxygen atoms in total. The first-order valence-corrected chi connectivity index (χ1v) is 6.27. The maximum atomic E-state index is 11.8. The molecule has 1 aromatic rings. The van der Waals surface area contributed by atoms with E-state index < -0.39 is 0 Å². The lowest BCUT2D eigenvalue weighted by Crippen LogP contribution is -2.32. The second kappa shape index (κ2) is 7.12. The Labute approximate surface area is 103 Å². The van der Waals surface area contributed by atoms with Crippen molar-refractivity contribution < 1.29 is 9.21 Å². The highest BCUT2D eigenvalue weighted by Gasteiger charge is 2.13. The minimum Gasteiger partial charge on any atom is -0.455 e. The molecule has 0 spiro atoms. The summed E-state index contributed by atoms with van der Waals surface area (Å²) in [5.41, 5.74) is 5.42. The molecular formula is C13H22N2O2. The smallest absolute Gasteiger partial charge is 0.287 e. The summed E-state index contributed by atoms with van der Waals surface area (Å²) in [6, 6.07) is 3.58. The summed E-state index contributed by atoms with van der Waals surface area (Å²) >= 11 is 0. The van der Waals surface area contributed by atoms with E-state index in [0.29, 0.717) is 18.1 Å². The van der Waals surface area contributed by atoms with Gasteiger partial charge in [-0.05, 0) is 25.5 Å². The average Bonchev–Trinajstić information content (AvgIpc) is 2.78. The molecule has 1 amide bonds. The largest absolute Gasteiger partial charge is 0.455 e. The second-order valence-electron chi connectivity index (χ2n) is 4.34. The molecule has 0 aromatic carbocycles. The van der Waals surface area contributed by atoms with Gasteiger partial charge in [0.1, 0.15) is 5.76 Å². The molecule has 0 aliphatic heterocycles. The van der Waals surface area contributed by atoms with Crippen molar-refractivity contribution in [2.45, 2.75) is 52.1 Å². The lowest BCUT2D eigenvalue weighted by molar-refractivity contribution is 0.0908. The van der Waals surface area contributed by atoms with Gasteiger partial charge in [0.25, 0.3) is 5.91 Å². The molecular weight excluding hydrogens is 216 g/mol. The third-order valence-corrected chi connectivity index (χ3v) is 2.70. The van der Waals surface area contributed by atoms with E-state index in [1.54, 1.807) is 12.1 Å². The number of hydrogen-bond acceptors (Lipinski definition) is 3. The van der Waals surface area contributed by atoms with Crippen LogP contribution in [0.2, 0.25) is 0 Å². The van der Waals surface area contributed by atoms with Crippen molar-refractivity contribution >= 4 is 5.91 Å². The van der Waals surface area contributed by atoms with Crippen LogP contribution in [0.4, 0.5) is 0 Å². The summed E-state index contributed by atoms with van der Waals surface area (Å²) in [6.45, 7) is 4.50. The first-order chi connectivity index (χ1) is 8.17. The topological polar surface area (TPSA) is 68.3 Å². The lowest BCUT2D eigenvalue weighted by Gasteiger charge is -2.12. The van der Waals surface area contributed by atoms with Crippen molar-refractivity contribution in [3.63, 3.8) is 0 Å². The molecule has 1 aromatic heterocycles. The summed E-state index contributed by atoms with van der Waals surface area (Å²) in [7, 11) is 0. The molecule has 1 atom stereocenters. The van der Waals surface area contributed by atoms with E-state index in [1.165, 1.54) is 12.8 Å². The van der Waals surface area contributed by atoms with Gasteiger partial charge in [-0.25, -0.2) is 0 Å². The van der Waals surface area contributed by atoms with Crippen LogP contribution in [0.5, 0.6) is 0 Å². The molecule has 0 saturated carbocycles. The maximum absolute atomic E-state index is 11.8. The number of furan rings is 1. The van der Waals surface area contributed by atoms with Crippen molar-refractivity contribution in [1.29, 1.82) is 0 Å². The minimum absolute atomic E-state index is 0.159. The summed E-state index contributed by atoms with van der Waals surface area (Å²) in [5.74, 6) is 0.815. The zero-order chi connectivity index (χ0) is 12.7. The molecule has 1 heterocycles. The minimum atomic E-state index is -0.159. The fourth-order valence-electron chi connectivity index (χ4n) is 1.68. The molecule has 0 aliphatic rings. The van der Waals surface area contributed by atoms with Crippen LogP contribution in [0.1, 0.15) is 55.8 Å². The third kappa shape index (κ3) is 4.61. The zero-order valence-electron chi connectivity index (χ0n) is 10.7.